The van der Waals surface area contributed by atoms with E-state index in [4.69, 9.17) is 0 Å². The second-order valence-corrected chi connectivity index (χ2v) is 6.79. The highest BCUT2D eigenvalue weighted by atomic mass is 32.2. The molecule has 0 aliphatic carbocycles. The van der Waals surface area contributed by atoms with Crippen LogP contribution < -0.4 is 5.32 Å². The number of hydrogen-bond acceptors (Lipinski definition) is 5. The quantitative estimate of drug-likeness (QED) is 0.849. The van der Waals surface area contributed by atoms with Gasteiger partial charge in [0.2, 0.25) is 5.91 Å². The molecule has 1 aromatic rings. The van der Waals surface area contributed by atoms with Gasteiger partial charge >= 0.3 is 0 Å². The standard InChI is InChI=1S/C13H20N4O3S/c1-3-6-14-11-5-4-7-15-13(11)21(19,20)17-9-8-16(2)12(18)10-17/h4-5,7,14H,3,6,8-10H2,1-2H3. The van der Waals surface area contributed by atoms with Crippen molar-refractivity contribution in [1.82, 2.24) is 14.2 Å². The monoisotopic (exact) mass is 312 g/mol. The fraction of sp³-hybridized carbons (Fsp3) is 0.538. The fourth-order valence-corrected chi connectivity index (χ4v) is 3.51. The zero-order valence-electron chi connectivity index (χ0n) is 12.2. The maximum absolute atomic E-state index is 12.7. The third-order valence-corrected chi connectivity index (χ3v) is 5.15. The molecule has 0 radical (unpaired) electrons. The molecular formula is C13H20N4O3S. The van der Waals surface area contributed by atoms with Crippen LogP contribution in [0, 0.1) is 0 Å². The minimum Gasteiger partial charge on any atom is -0.383 e. The molecule has 2 heterocycles. The molecule has 2 rings (SSSR count). The molecular weight excluding hydrogens is 292 g/mol. The highest BCUT2D eigenvalue weighted by Gasteiger charge is 2.33. The second-order valence-electron chi connectivity index (χ2n) is 4.94. The van der Waals surface area contributed by atoms with Gasteiger partial charge in [0.1, 0.15) is 0 Å². The molecule has 21 heavy (non-hydrogen) atoms. The van der Waals surface area contributed by atoms with Crippen molar-refractivity contribution in [3.05, 3.63) is 18.3 Å². The highest BCUT2D eigenvalue weighted by molar-refractivity contribution is 7.89. The lowest BCUT2D eigenvalue weighted by Gasteiger charge is -2.31. The Labute approximate surface area is 125 Å². The minimum atomic E-state index is -3.77. The topological polar surface area (TPSA) is 82.6 Å². The van der Waals surface area contributed by atoms with Crippen LogP contribution in [-0.2, 0) is 14.8 Å². The van der Waals surface area contributed by atoms with Crippen LogP contribution in [-0.4, -0.2) is 61.7 Å². The summed E-state index contributed by atoms with van der Waals surface area (Å²) >= 11 is 0. The van der Waals surface area contributed by atoms with E-state index in [2.05, 4.69) is 10.3 Å². The van der Waals surface area contributed by atoms with Gasteiger partial charge in [-0.3, -0.25) is 4.79 Å². The molecule has 0 spiro atoms. The summed E-state index contributed by atoms with van der Waals surface area (Å²) < 4.78 is 26.5. The number of hydrogen-bond donors (Lipinski definition) is 1. The largest absolute Gasteiger partial charge is 0.383 e. The number of rotatable bonds is 5. The first-order chi connectivity index (χ1) is 9.96. The van der Waals surface area contributed by atoms with Crippen LogP contribution in [0.5, 0.6) is 0 Å². The number of nitrogens with one attached hydrogen (secondary N) is 1. The summed E-state index contributed by atoms with van der Waals surface area (Å²) in [6.45, 7) is 3.20. The summed E-state index contributed by atoms with van der Waals surface area (Å²) in [5.41, 5.74) is 0.478. The van der Waals surface area contributed by atoms with Crippen LogP contribution in [0.2, 0.25) is 0 Å². The van der Waals surface area contributed by atoms with Crippen molar-refractivity contribution in [2.45, 2.75) is 18.4 Å². The Morgan fingerprint density at radius 2 is 2.14 bits per heavy atom. The van der Waals surface area contributed by atoms with E-state index in [1.165, 1.54) is 15.4 Å². The molecule has 0 aromatic carbocycles. The van der Waals surface area contributed by atoms with Crippen molar-refractivity contribution in [2.75, 3.05) is 38.5 Å². The van der Waals surface area contributed by atoms with Crippen molar-refractivity contribution >= 4 is 21.6 Å². The van der Waals surface area contributed by atoms with Crippen LogP contribution in [0.4, 0.5) is 5.69 Å². The van der Waals surface area contributed by atoms with Crippen molar-refractivity contribution in [3.63, 3.8) is 0 Å². The van der Waals surface area contributed by atoms with Gasteiger partial charge in [-0.2, -0.15) is 4.31 Å². The molecule has 1 amide bonds. The van der Waals surface area contributed by atoms with Gasteiger partial charge < -0.3 is 10.2 Å². The van der Waals surface area contributed by atoms with Crippen molar-refractivity contribution in [3.8, 4) is 0 Å². The predicted octanol–water partition coefficient (Wildman–Crippen LogP) is 0.366. The Hall–Kier alpha value is -1.67. The number of anilines is 1. The lowest BCUT2D eigenvalue weighted by Crippen LogP contribution is -2.50. The van der Waals surface area contributed by atoms with Gasteiger partial charge in [-0.1, -0.05) is 6.92 Å². The Kier molecular flexibility index (Phi) is 4.79. The van der Waals surface area contributed by atoms with Crippen LogP contribution in [0.1, 0.15) is 13.3 Å². The summed E-state index contributed by atoms with van der Waals surface area (Å²) in [6.07, 6.45) is 2.32. The van der Waals surface area contributed by atoms with E-state index >= 15 is 0 Å². The van der Waals surface area contributed by atoms with E-state index < -0.39 is 10.0 Å². The van der Waals surface area contributed by atoms with Gasteiger partial charge in [-0.15, -0.1) is 0 Å². The minimum absolute atomic E-state index is 0.0178. The molecule has 1 aromatic heterocycles. The number of carbonyl (C=O) groups excluding carboxylic acids is 1. The number of nitrogens with zero attached hydrogens (tertiary/aromatic N) is 3. The normalized spacial score (nSPS) is 17.0. The molecule has 8 heteroatoms. The zero-order valence-corrected chi connectivity index (χ0v) is 13.1. The van der Waals surface area contributed by atoms with Crippen LogP contribution in [0.15, 0.2) is 23.4 Å². The van der Waals surface area contributed by atoms with Gasteiger partial charge in [-0.25, -0.2) is 13.4 Å². The van der Waals surface area contributed by atoms with Crippen LogP contribution in [0.25, 0.3) is 0 Å². The van der Waals surface area contributed by atoms with Gasteiger partial charge in [0.25, 0.3) is 10.0 Å². The molecule has 0 unspecified atom stereocenters. The van der Waals surface area contributed by atoms with Crippen LogP contribution in [0.3, 0.4) is 0 Å². The third-order valence-electron chi connectivity index (χ3n) is 3.34. The van der Waals surface area contributed by atoms with E-state index in [0.29, 0.717) is 18.8 Å². The first-order valence-electron chi connectivity index (χ1n) is 6.90. The van der Waals surface area contributed by atoms with Gasteiger partial charge in [0, 0.05) is 32.9 Å². The summed E-state index contributed by atoms with van der Waals surface area (Å²) in [5, 5.41) is 3.05. The summed E-state index contributed by atoms with van der Waals surface area (Å²) in [7, 11) is -2.10. The van der Waals surface area contributed by atoms with E-state index in [-0.39, 0.29) is 24.0 Å². The average molecular weight is 312 g/mol. The van der Waals surface area contributed by atoms with Gasteiger partial charge in [-0.05, 0) is 18.6 Å². The molecule has 0 saturated carbocycles. The first kappa shape index (κ1) is 15.7. The molecule has 1 aliphatic heterocycles. The van der Waals surface area contributed by atoms with Crippen LogP contribution >= 0.6 is 0 Å². The Morgan fingerprint density at radius 3 is 2.81 bits per heavy atom. The van der Waals surface area contributed by atoms with Gasteiger partial charge in [0.15, 0.2) is 5.03 Å². The van der Waals surface area contributed by atoms with E-state index in [0.717, 1.165) is 6.42 Å². The fourth-order valence-electron chi connectivity index (χ4n) is 2.05. The SMILES string of the molecule is CCCNc1cccnc1S(=O)(=O)N1CCN(C)C(=O)C1. The number of amides is 1. The van der Waals surface area contributed by atoms with Crippen molar-refractivity contribution in [2.24, 2.45) is 0 Å². The third kappa shape index (κ3) is 3.33. The highest BCUT2D eigenvalue weighted by Crippen LogP contribution is 2.23. The maximum Gasteiger partial charge on any atom is 0.263 e. The van der Waals surface area contributed by atoms with E-state index in [1.54, 1.807) is 19.2 Å². The number of piperazine rings is 1. The Morgan fingerprint density at radius 1 is 1.38 bits per heavy atom. The number of pyridine rings is 1. The summed E-state index contributed by atoms with van der Waals surface area (Å²) in [6, 6.07) is 3.37. The average Bonchev–Trinajstić information content (AvgIpc) is 2.48. The number of carbonyl (C=O) groups is 1. The Balaban J connectivity index is 2.29. The van der Waals surface area contributed by atoms with E-state index in [9.17, 15) is 13.2 Å². The Bertz CT molecular complexity index is 618. The predicted molar refractivity (Wildman–Crippen MR) is 79.4 cm³/mol. The molecule has 1 fully saturated rings. The van der Waals surface area contributed by atoms with Gasteiger partial charge in [0.05, 0.1) is 12.2 Å². The lowest BCUT2D eigenvalue weighted by atomic mass is 10.4. The van der Waals surface area contributed by atoms with Crippen molar-refractivity contribution in [1.29, 1.82) is 0 Å². The number of sulfonamides is 1. The zero-order chi connectivity index (χ0) is 15.5. The maximum atomic E-state index is 12.7. The molecule has 1 aliphatic rings. The second kappa shape index (κ2) is 6.40. The lowest BCUT2D eigenvalue weighted by molar-refractivity contribution is -0.132. The first-order valence-corrected chi connectivity index (χ1v) is 8.34. The van der Waals surface area contributed by atoms with Crippen molar-refractivity contribution < 1.29 is 13.2 Å². The molecule has 1 N–H and O–H groups in total. The number of likely N-dealkylation sites (N-methyl/N-ethyl adjacent to an activating group) is 1. The molecule has 0 bridgehead atoms. The molecule has 1 saturated heterocycles. The molecule has 116 valence electrons. The van der Waals surface area contributed by atoms with E-state index in [1.807, 2.05) is 6.92 Å². The number of aromatic nitrogens is 1. The smallest absolute Gasteiger partial charge is 0.263 e. The molecule has 0 atom stereocenters. The molecule has 7 nitrogen and oxygen atoms in total. The summed E-state index contributed by atoms with van der Waals surface area (Å²) in [5.74, 6) is -0.205. The summed E-state index contributed by atoms with van der Waals surface area (Å²) in [4.78, 5) is 17.3.